The molecule has 0 bridgehead atoms. The van der Waals surface area contributed by atoms with Gasteiger partial charge in [-0.3, -0.25) is 0 Å². The molecule has 1 radical (unpaired) electrons. The predicted molar refractivity (Wildman–Crippen MR) is 84.7 cm³/mol. The molecule has 1 N–H and O–H groups in total. The second kappa shape index (κ2) is 9.15. The Morgan fingerprint density at radius 2 is 1.85 bits per heavy atom. The number of nitrogens with zero attached hydrogens (tertiary/aromatic N) is 2. The molecule has 2 rings (SSSR count). The number of fused-ring (bicyclic) bond motifs is 1. The minimum atomic E-state index is 0. The molecule has 3 nitrogen and oxygen atoms in total. The number of anilines is 1. The van der Waals surface area contributed by atoms with Crippen LogP contribution >= 0.6 is 0 Å². The third-order valence-electron chi connectivity index (χ3n) is 3.18. The number of hydrogen-bond acceptors (Lipinski definition) is 3. The summed E-state index contributed by atoms with van der Waals surface area (Å²) in [5.41, 5.74) is 3.69. The first-order chi connectivity index (χ1) is 8.69. The van der Waals surface area contributed by atoms with Crippen molar-refractivity contribution in [3.8, 4) is 0 Å². The Bertz CT molecular complexity index is 573. The molecule has 0 aliphatic carbocycles. The van der Waals surface area contributed by atoms with Gasteiger partial charge in [0.25, 0.3) is 0 Å². The van der Waals surface area contributed by atoms with Crippen LogP contribution < -0.4 is 56.6 Å². The molecule has 0 atom stereocenters. The molecule has 20 heavy (non-hydrogen) atoms. The van der Waals surface area contributed by atoms with Crippen LogP contribution in [0.1, 0.15) is 30.8 Å². The van der Waals surface area contributed by atoms with Gasteiger partial charge in [-0.15, -0.1) is 0 Å². The molecule has 1 heterocycles. The molecular formula is C15H22BKN3. The van der Waals surface area contributed by atoms with Gasteiger partial charge in [-0.05, 0) is 36.6 Å². The van der Waals surface area contributed by atoms with Crippen LogP contribution in [0.4, 0.5) is 5.82 Å². The van der Waals surface area contributed by atoms with Crippen LogP contribution in [0.3, 0.4) is 0 Å². The zero-order valence-electron chi connectivity index (χ0n) is 13.5. The predicted octanol–water partition coefficient (Wildman–Crippen LogP) is 0.597. The molecule has 0 spiro atoms. The van der Waals surface area contributed by atoms with Gasteiger partial charge in [-0.25, -0.2) is 9.97 Å². The fraction of sp³-hybridized carbons (Fsp3) is 0.400. The van der Waals surface area contributed by atoms with E-state index in [4.69, 9.17) is 0 Å². The number of benzene rings is 1. The zero-order chi connectivity index (χ0) is 13.1. The maximum Gasteiger partial charge on any atom is 1.00 e. The summed E-state index contributed by atoms with van der Waals surface area (Å²) >= 11 is 0. The van der Waals surface area contributed by atoms with Gasteiger partial charge >= 0.3 is 51.4 Å². The maximum absolute atomic E-state index is 4.61. The normalized spacial score (nSPS) is 9.60. The summed E-state index contributed by atoms with van der Waals surface area (Å²) in [4.78, 5) is 9.17. The Hall–Kier alpha value is 0.0613. The van der Waals surface area contributed by atoms with Crippen molar-refractivity contribution >= 4 is 24.1 Å². The molecule has 0 saturated carbocycles. The van der Waals surface area contributed by atoms with Crippen molar-refractivity contribution in [2.75, 3.05) is 5.23 Å². The number of nitrogens with one attached hydrogen (secondary N) is 1. The van der Waals surface area contributed by atoms with E-state index in [-0.39, 0.29) is 58.8 Å². The van der Waals surface area contributed by atoms with E-state index in [2.05, 4.69) is 48.1 Å². The summed E-state index contributed by atoms with van der Waals surface area (Å²) in [5, 5.41) is 4.32. The molecule has 0 amide bonds. The first-order valence-corrected chi connectivity index (χ1v) is 6.54. The van der Waals surface area contributed by atoms with E-state index in [1.807, 2.05) is 14.2 Å². The van der Waals surface area contributed by atoms with Crippen LogP contribution in [0.15, 0.2) is 12.1 Å². The fourth-order valence-electron chi connectivity index (χ4n) is 2.16. The van der Waals surface area contributed by atoms with Gasteiger partial charge in [0.05, 0.1) is 5.52 Å². The molecule has 0 saturated heterocycles. The summed E-state index contributed by atoms with van der Waals surface area (Å²) in [6, 6.07) is 4.37. The van der Waals surface area contributed by atoms with E-state index in [0.29, 0.717) is 0 Å². The minimum Gasteiger partial charge on any atom is -0.417 e. The number of rotatable bonds is 4. The van der Waals surface area contributed by atoms with Crippen LogP contribution in [0, 0.1) is 14.4 Å². The van der Waals surface area contributed by atoms with Crippen molar-refractivity contribution in [3.63, 3.8) is 0 Å². The maximum atomic E-state index is 4.61. The topological polar surface area (TPSA) is 37.8 Å². The van der Waals surface area contributed by atoms with Crippen LogP contribution in [-0.4, -0.2) is 17.4 Å². The zero-order valence-corrected chi connectivity index (χ0v) is 16.7. The van der Waals surface area contributed by atoms with Gasteiger partial charge in [-0.2, -0.15) is 0 Å². The van der Waals surface area contributed by atoms with Gasteiger partial charge in [0, 0.05) is 11.8 Å². The quantitative estimate of drug-likeness (QED) is 0.663. The molecule has 0 unspecified atom stereocenters. The van der Waals surface area contributed by atoms with E-state index >= 15 is 0 Å². The molecule has 5 heteroatoms. The Morgan fingerprint density at radius 3 is 2.40 bits per heavy atom. The van der Waals surface area contributed by atoms with E-state index in [1.54, 1.807) is 0 Å². The largest absolute Gasteiger partial charge is 1.00 e. The van der Waals surface area contributed by atoms with Gasteiger partial charge in [-0.1, -0.05) is 20.7 Å². The average Bonchev–Trinajstić information content (AvgIpc) is 2.38. The van der Waals surface area contributed by atoms with Gasteiger partial charge < -0.3 is 12.7 Å². The summed E-state index contributed by atoms with van der Waals surface area (Å²) in [6.07, 6.45) is 1.88. The molecule has 2 aromatic rings. The summed E-state index contributed by atoms with van der Waals surface area (Å²) in [6.45, 7) is 8.36. The van der Waals surface area contributed by atoms with Gasteiger partial charge in [0.1, 0.15) is 11.6 Å². The van der Waals surface area contributed by atoms with Gasteiger partial charge in [0.15, 0.2) is 0 Å². The van der Waals surface area contributed by atoms with Crippen molar-refractivity contribution in [1.29, 1.82) is 0 Å². The third kappa shape index (κ3) is 4.28. The standard InChI is InChI=1S/C14H19BN3.CH3.K/c1-5-10-8-11-12(7-9(10)3)16-13(6-2)17-14(11)18-15-4;;/h7-8H,5-6H2,1-4H3,(H,16,17,18);1H3;/q;-1;+1. The molecule has 101 valence electrons. The summed E-state index contributed by atoms with van der Waals surface area (Å²) in [7, 11) is 1.91. The molecular weight excluding hydrogens is 272 g/mol. The Balaban J connectivity index is 0.00000180. The number of aromatic nitrogens is 2. The first kappa shape index (κ1) is 20.1. The average molecular weight is 294 g/mol. The van der Waals surface area contributed by atoms with Crippen LogP contribution in [0.25, 0.3) is 10.9 Å². The van der Waals surface area contributed by atoms with Crippen molar-refractivity contribution in [2.24, 2.45) is 0 Å². The van der Waals surface area contributed by atoms with E-state index in [0.717, 1.165) is 35.4 Å². The second-order valence-electron chi connectivity index (χ2n) is 4.42. The van der Waals surface area contributed by atoms with Crippen molar-refractivity contribution in [1.82, 2.24) is 9.97 Å². The summed E-state index contributed by atoms with van der Waals surface area (Å²) in [5.74, 6) is 1.80. The Kier molecular flexibility index (Phi) is 9.18. The van der Waals surface area contributed by atoms with E-state index < -0.39 is 0 Å². The minimum absolute atomic E-state index is 0. The monoisotopic (exact) mass is 294 g/mol. The Labute approximate surface area is 166 Å². The smallest absolute Gasteiger partial charge is 0.417 e. The summed E-state index contributed by atoms with van der Waals surface area (Å²) < 4.78 is 0. The van der Waals surface area contributed by atoms with Crippen LogP contribution in [0.2, 0.25) is 6.82 Å². The number of aryl methyl sites for hydroxylation is 3. The first-order valence-electron chi connectivity index (χ1n) is 6.54. The SMILES string of the molecule is C[B]Nc1nc(CC)nc2cc(C)c(CC)cc12.[CH3-].[K+]. The van der Waals surface area contributed by atoms with E-state index in [9.17, 15) is 0 Å². The van der Waals surface area contributed by atoms with Gasteiger partial charge in [0.2, 0.25) is 7.41 Å². The van der Waals surface area contributed by atoms with Crippen molar-refractivity contribution < 1.29 is 51.4 Å². The second-order valence-corrected chi connectivity index (χ2v) is 4.42. The molecule has 0 aliphatic heterocycles. The van der Waals surface area contributed by atoms with Crippen LogP contribution in [0.5, 0.6) is 0 Å². The van der Waals surface area contributed by atoms with Crippen molar-refractivity contribution in [3.05, 3.63) is 36.5 Å². The van der Waals surface area contributed by atoms with Crippen molar-refractivity contribution in [2.45, 2.75) is 40.4 Å². The Morgan fingerprint density at radius 1 is 1.15 bits per heavy atom. The molecule has 1 aromatic heterocycles. The molecule has 0 aliphatic rings. The third-order valence-corrected chi connectivity index (χ3v) is 3.18. The molecule has 1 aromatic carbocycles. The number of hydrogen-bond donors (Lipinski definition) is 1. The fourth-order valence-corrected chi connectivity index (χ4v) is 2.16. The van der Waals surface area contributed by atoms with Crippen LogP contribution in [-0.2, 0) is 12.8 Å². The van der Waals surface area contributed by atoms with E-state index in [1.165, 1.54) is 11.1 Å². The molecule has 0 fully saturated rings.